The van der Waals surface area contributed by atoms with E-state index < -0.39 is 0 Å². The fraction of sp³-hybridized carbons (Fsp3) is 0.0769. The van der Waals surface area contributed by atoms with Crippen molar-refractivity contribution in [2.75, 3.05) is 0 Å². The molecule has 0 bridgehead atoms. The summed E-state index contributed by atoms with van der Waals surface area (Å²) in [5.74, 6) is 0. The molecule has 3 rings (SSSR count). The van der Waals surface area contributed by atoms with Crippen molar-refractivity contribution in [2.45, 2.75) is 6.92 Å². The van der Waals surface area contributed by atoms with Gasteiger partial charge in [0.05, 0.1) is 15.9 Å². The molecule has 0 saturated carbocycles. The number of hydrogen-bond donors (Lipinski definition) is 0. The first-order valence-corrected chi connectivity index (χ1v) is 6.58. The summed E-state index contributed by atoms with van der Waals surface area (Å²) in [7, 11) is 0. The normalized spacial score (nSPS) is 11.0. The zero-order valence-electron chi connectivity index (χ0n) is 9.55. The molecule has 0 unspecified atom stereocenters. The van der Waals surface area contributed by atoms with Crippen LogP contribution in [-0.4, -0.2) is 15.8 Å². The molecule has 0 radical (unpaired) electrons. The SMILES string of the molecule is Cc1cc(Cl)cc2sc(-n3cccc3C=O)nc12. The molecular formula is C13H9ClN2OS. The molecule has 3 nitrogen and oxygen atoms in total. The number of fused-ring (bicyclic) bond motifs is 1. The Balaban J connectivity index is 2.25. The molecule has 0 spiro atoms. The highest BCUT2D eigenvalue weighted by atomic mass is 35.5. The lowest BCUT2D eigenvalue weighted by atomic mass is 10.2. The van der Waals surface area contributed by atoms with E-state index in [-0.39, 0.29) is 0 Å². The van der Waals surface area contributed by atoms with Crippen molar-refractivity contribution in [1.82, 2.24) is 9.55 Å². The molecule has 18 heavy (non-hydrogen) atoms. The van der Waals surface area contributed by atoms with Crippen LogP contribution in [0.5, 0.6) is 0 Å². The van der Waals surface area contributed by atoms with E-state index in [4.69, 9.17) is 11.6 Å². The number of nitrogens with zero attached hydrogens (tertiary/aromatic N) is 2. The summed E-state index contributed by atoms with van der Waals surface area (Å²) in [6.45, 7) is 1.98. The third-order valence-corrected chi connectivity index (χ3v) is 3.97. The lowest BCUT2D eigenvalue weighted by molar-refractivity contribution is 0.111. The van der Waals surface area contributed by atoms with E-state index in [1.165, 1.54) is 11.3 Å². The Hall–Kier alpha value is -1.65. The van der Waals surface area contributed by atoms with Crippen molar-refractivity contribution in [3.05, 3.63) is 46.7 Å². The summed E-state index contributed by atoms with van der Waals surface area (Å²) in [5, 5.41) is 1.49. The van der Waals surface area contributed by atoms with Gasteiger partial charge in [0.15, 0.2) is 11.4 Å². The van der Waals surface area contributed by atoms with Crippen LogP contribution in [0.3, 0.4) is 0 Å². The van der Waals surface area contributed by atoms with Crippen LogP contribution in [-0.2, 0) is 0 Å². The molecule has 0 aliphatic carbocycles. The van der Waals surface area contributed by atoms with Gasteiger partial charge < -0.3 is 0 Å². The summed E-state index contributed by atoms with van der Waals surface area (Å²) in [6.07, 6.45) is 2.66. The fourth-order valence-electron chi connectivity index (χ4n) is 1.91. The van der Waals surface area contributed by atoms with Gasteiger partial charge in [-0.25, -0.2) is 4.98 Å². The summed E-state index contributed by atoms with van der Waals surface area (Å²) in [6, 6.07) is 7.38. The number of halogens is 1. The Kier molecular flexibility index (Phi) is 2.69. The fourth-order valence-corrected chi connectivity index (χ4v) is 3.33. The van der Waals surface area contributed by atoms with Crippen molar-refractivity contribution in [1.29, 1.82) is 0 Å². The Bertz CT molecular complexity index is 745. The maximum Gasteiger partial charge on any atom is 0.195 e. The van der Waals surface area contributed by atoms with Crippen molar-refractivity contribution in [2.24, 2.45) is 0 Å². The van der Waals surface area contributed by atoms with Crippen LogP contribution < -0.4 is 0 Å². The van der Waals surface area contributed by atoms with E-state index in [9.17, 15) is 4.79 Å². The van der Waals surface area contributed by atoms with Crippen molar-refractivity contribution in [3.63, 3.8) is 0 Å². The Morgan fingerprint density at radius 2 is 2.28 bits per heavy atom. The molecule has 0 fully saturated rings. The van der Waals surface area contributed by atoms with Crippen LogP contribution in [0.25, 0.3) is 15.3 Å². The molecular weight excluding hydrogens is 268 g/mol. The Morgan fingerprint density at radius 1 is 1.44 bits per heavy atom. The van der Waals surface area contributed by atoms with Gasteiger partial charge >= 0.3 is 0 Å². The van der Waals surface area contributed by atoms with Gasteiger partial charge in [0.25, 0.3) is 0 Å². The third kappa shape index (κ3) is 1.74. The van der Waals surface area contributed by atoms with Crippen LogP contribution in [0.1, 0.15) is 16.1 Å². The number of aldehydes is 1. The Morgan fingerprint density at radius 3 is 3.06 bits per heavy atom. The number of carbonyl (C=O) groups is 1. The topological polar surface area (TPSA) is 34.9 Å². The summed E-state index contributed by atoms with van der Waals surface area (Å²) in [5.41, 5.74) is 2.57. The summed E-state index contributed by atoms with van der Waals surface area (Å²) >= 11 is 7.55. The molecule has 0 saturated heterocycles. The lowest BCUT2D eigenvalue weighted by Gasteiger charge is -1.97. The highest BCUT2D eigenvalue weighted by Gasteiger charge is 2.10. The molecule has 3 aromatic rings. The van der Waals surface area contributed by atoms with E-state index in [1.54, 1.807) is 10.6 Å². The van der Waals surface area contributed by atoms with Gasteiger partial charge in [-0.1, -0.05) is 22.9 Å². The lowest BCUT2D eigenvalue weighted by Crippen LogP contribution is -1.96. The zero-order chi connectivity index (χ0) is 12.7. The van der Waals surface area contributed by atoms with E-state index in [2.05, 4.69) is 4.98 Å². The van der Waals surface area contributed by atoms with Gasteiger partial charge in [0.2, 0.25) is 0 Å². The summed E-state index contributed by atoms with van der Waals surface area (Å²) < 4.78 is 2.81. The third-order valence-electron chi connectivity index (χ3n) is 2.75. The average Bonchev–Trinajstić information content (AvgIpc) is 2.92. The number of aromatic nitrogens is 2. The molecule has 2 heterocycles. The molecule has 0 atom stereocenters. The molecule has 2 aromatic heterocycles. The first kappa shape index (κ1) is 11.4. The molecule has 90 valence electrons. The van der Waals surface area contributed by atoms with Crippen molar-refractivity contribution < 1.29 is 4.79 Å². The quantitative estimate of drug-likeness (QED) is 0.666. The molecule has 5 heteroatoms. The molecule has 1 aromatic carbocycles. The van der Waals surface area contributed by atoms with E-state index in [1.807, 2.05) is 31.3 Å². The predicted molar refractivity (Wildman–Crippen MR) is 74.1 cm³/mol. The smallest absolute Gasteiger partial charge is 0.195 e. The van der Waals surface area contributed by atoms with Gasteiger partial charge in [-0.05, 0) is 36.8 Å². The number of rotatable bonds is 2. The van der Waals surface area contributed by atoms with Crippen LogP contribution in [0.2, 0.25) is 5.02 Å². The number of carbonyl (C=O) groups excluding carboxylic acids is 1. The van der Waals surface area contributed by atoms with Gasteiger partial charge in [-0.2, -0.15) is 0 Å². The van der Waals surface area contributed by atoms with Crippen molar-refractivity contribution >= 4 is 39.4 Å². The van der Waals surface area contributed by atoms with Crippen LogP contribution >= 0.6 is 22.9 Å². The van der Waals surface area contributed by atoms with Gasteiger partial charge in [-0.3, -0.25) is 9.36 Å². The first-order chi connectivity index (χ1) is 8.69. The van der Waals surface area contributed by atoms with Gasteiger partial charge in [0, 0.05) is 11.2 Å². The molecule has 0 amide bonds. The second-order valence-electron chi connectivity index (χ2n) is 3.99. The van der Waals surface area contributed by atoms with Crippen LogP contribution in [0.4, 0.5) is 0 Å². The van der Waals surface area contributed by atoms with Gasteiger partial charge in [-0.15, -0.1) is 0 Å². The van der Waals surface area contributed by atoms with E-state index in [0.29, 0.717) is 10.7 Å². The largest absolute Gasteiger partial charge is 0.296 e. The second kappa shape index (κ2) is 4.23. The van der Waals surface area contributed by atoms with Crippen LogP contribution in [0, 0.1) is 6.92 Å². The second-order valence-corrected chi connectivity index (χ2v) is 5.43. The van der Waals surface area contributed by atoms with Crippen LogP contribution in [0.15, 0.2) is 30.5 Å². The highest BCUT2D eigenvalue weighted by Crippen LogP contribution is 2.30. The monoisotopic (exact) mass is 276 g/mol. The van der Waals surface area contributed by atoms with E-state index >= 15 is 0 Å². The molecule has 0 aliphatic heterocycles. The maximum absolute atomic E-state index is 10.9. The summed E-state index contributed by atoms with van der Waals surface area (Å²) in [4.78, 5) is 15.5. The minimum Gasteiger partial charge on any atom is -0.296 e. The standard InChI is InChI=1S/C13H9ClN2OS/c1-8-5-9(14)6-11-12(8)15-13(18-11)16-4-2-3-10(16)7-17/h2-7H,1H3. The average molecular weight is 277 g/mol. The van der Waals surface area contributed by atoms with Crippen molar-refractivity contribution in [3.8, 4) is 5.13 Å². The highest BCUT2D eigenvalue weighted by molar-refractivity contribution is 7.20. The maximum atomic E-state index is 10.9. The number of thiazole rings is 1. The first-order valence-electron chi connectivity index (χ1n) is 5.38. The Labute approximate surface area is 113 Å². The molecule has 0 aliphatic rings. The number of hydrogen-bond acceptors (Lipinski definition) is 3. The minimum absolute atomic E-state index is 0.595. The number of benzene rings is 1. The zero-order valence-corrected chi connectivity index (χ0v) is 11.1. The minimum atomic E-state index is 0.595. The molecule has 0 N–H and O–H groups in total. The predicted octanol–water partition coefficient (Wildman–Crippen LogP) is 3.86. The van der Waals surface area contributed by atoms with E-state index in [0.717, 1.165) is 27.2 Å². The number of aryl methyl sites for hydroxylation is 1. The van der Waals surface area contributed by atoms with Gasteiger partial charge in [0.1, 0.15) is 0 Å².